The number of anilines is 1. The fourth-order valence-corrected chi connectivity index (χ4v) is 3.03. The van der Waals surface area contributed by atoms with Crippen LogP contribution in [0, 0.1) is 0 Å². The van der Waals surface area contributed by atoms with Crippen molar-refractivity contribution in [2.75, 3.05) is 17.6 Å². The van der Waals surface area contributed by atoms with Gasteiger partial charge in [-0.1, -0.05) is 28.9 Å². The molecule has 1 aromatic rings. The predicted octanol–water partition coefficient (Wildman–Crippen LogP) is 2.52. The lowest BCUT2D eigenvalue weighted by Gasteiger charge is -2.12. The van der Waals surface area contributed by atoms with Crippen molar-refractivity contribution in [3.63, 3.8) is 0 Å². The van der Waals surface area contributed by atoms with Gasteiger partial charge in [0.05, 0.1) is 24.1 Å². The van der Waals surface area contributed by atoms with Crippen LogP contribution in [0.15, 0.2) is 18.2 Å². The van der Waals surface area contributed by atoms with E-state index in [4.69, 9.17) is 0 Å². The molecular formula is C12H16BrNO4S. The maximum Gasteiger partial charge on any atom is 0.339 e. The van der Waals surface area contributed by atoms with Crippen molar-refractivity contribution in [2.45, 2.75) is 18.7 Å². The van der Waals surface area contributed by atoms with Crippen LogP contribution in [0.1, 0.15) is 29.3 Å². The first-order valence-corrected chi connectivity index (χ1v) is 8.48. The highest BCUT2D eigenvalue weighted by molar-refractivity contribution is 9.08. The first-order valence-electron chi connectivity index (χ1n) is 5.71. The number of benzene rings is 1. The molecule has 5 nitrogen and oxygen atoms in total. The number of rotatable bonds is 6. The number of methoxy groups -OCH3 is 1. The van der Waals surface area contributed by atoms with Crippen LogP contribution in [-0.2, 0) is 20.1 Å². The van der Waals surface area contributed by atoms with Gasteiger partial charge in [-0.25, -0.2) is 13.2 Å². The molecule has 0 unspecified atom stereocenters. The molecule has 0 atom stereocenters. The molecule has 0 aliphatic rings. The van der Waals surface area contributed by atoms with Gasteiger partial charge in [-0.15, -0.1) is 0 Å². The molecule has 0 amide bonds. The Labute approximate surface area is 121 Å². The normalized spacial score (nSPS) is 11.1. The Balaban J connectivity index is 3.18. The monoisotopic (exact) mass is 349 g/mol. The van der Waals surface area contributed by atoms with Crippen LogP contribution in [0.4, 0.5) is 5.69 Å². The van der Waals surface area contributed by atoms with E-state index in [-0.39, 0.29) is 17.0 Å². The molecule has 0 aromatic heterocycles. The summed E-state index contributed by atoms with van der Waals surface area (Å²) in [4.78, 5) is 11.6. The lowest BCUT2D eigenvalue weighted by atomic mass is 10.1. The summed E-state index contributed by atoms with van der Waals surface area (Å²) in [7, 11) is -2.19. The van der Waals surface area contributed by atoms with Crippen LogP contribution in [0.3, 0.4) is 0 Å². The number of sulfonamides is 1. The molecule has 0 radical (unpaired) electrons. The number of carbonyl (C=O) groups excluding carboxylic acids is 1. The van der Waals surface area contributed by atoms with E-state index in [2.05, 4.69) is 25.4 Å². The van der Waals surface area contributed by atoms with E-state index in [0.717, 1.165) is 5.56 Å². The van der Waals surface area contributed by atoms with Crippen LogP contribution in [0.25, 0.3) is 0 Å². The fraction of sp³-hybridized carbons (Fsp3) is 0.417. The van der Waals surface area contributed by atoms with E-state index >= 15 is 0 Å². The van der Waals surface area contributed by atoms with Gasteiger partial charge in [0.1, 0.15) is 0 Å². The van der Waals surface area contributed by atoms with E-state index in [1.165, 1.54) is 7.11 Å². The number of alkyl halides is 1. The van der Waals surface area contributed by atoms with E-state index in [0.29, 0.717) is 11.8 Å². The summed E-state index contributed by atoms with van der Waals surface area (Å²) in [6.07, 6.45) is 0.501. The molecular weight excluding hydrogens is 334 g/mol. The van der Waals surface area contributed by atoms with Gasteiger partial charge in [0.25, 0.3) is 0 Å². The molecule has 0 fully saturated rings. The smallest absolute Gasteiger partial charge is 0.339 e. The van der Waals surface area contributed by atoms with Gasteiger partial charge < -0.3 is 4.74 Å². The summed E-state index contributed by atoms with van der Waals surface area (Å²) < 4.78 is 30.6. The summed E-state index contributed by atoms with van der Waals surface area (Å²) in [6, 6.07) is 4.90. The number of hydrogen-bond acceptors (Lipinski definition) is 4. The van der Waals surface area contributed by atoms with Crippen molar-refractivity contribution in [3.05, 3.63) is 29.3 Å². The lowest BCUT2D eigenvalue weighted by molar-refractivity contribution is 0.0602. The van der Waals surface area contributed by atoms with Gasteiger partial charge in [0.2, 0.25) is 10.0 Å². The maximum absolute atomic E-state index is 11.8. The van der Waals surface area contributed by atoms with Crippen molar-refractivity contribution < 1.29 is 17.9 Å². The van der Waals surface area contributed by atoms with Gasteiger partial charge in [-0.2, -0.15) is 0 Å². The Morgan fingerprint density at radius 3 is 2.63 bits per heavy atom. The van der Waals surface area contributed by atoms with Crippen molar-refractivity contribution in [1.29, 1.82) is 0 Å². The minimum Gasteiger partial charge on any atom is -0.465 e. The largest absolute Gasteiger partial charge is 0.465 e. The predicted molar refractivity (Wildman–Crippen MR) is 78.1 cm³/mol. The molecule has 0 aliphatic carbocycles. The van der Waals surface area contributed by atoms with E-state index in [9.17, 15) is 13.2 Å². The van der Waals surface area contributed by atoms with Gasteiger partial charge >= 0.3 is 5.97 Å². The van der Waals surface area contributed by atoms with Gasteiger partial charge in [-0.05, 0) is 24.1 Å². The third-order valence-corrected chi connectivity index (χ3v) is 4.51. The molecule has 0 saturated heterocycles. The van der Waals surface area contributed by atoms with Crippen LogP contribution in [0.5, 0.6) is 0 Å². The Kier molecular flexibility index (Phi) is 5.81. The highest BCUT2D eigenvalue weighted by Gasteiger charge is 2.17. The Bertz CT molecular complexity index is 557. The lowest BCUT2D eigenvalue weighted by Crippen LogP contribution is -2.18. The van der Waals surface area contributed by atoms with Crippen LogP contribution >= 0.6 is 15.9 Å². The molecule has 106 valence electrons. The minimum atomic E-state index is -3.45. The molecule has 1 rings (SSSR count). The molecule has 0 aliphatic heterocycles. The number of ether oxygens (including phenoxy) is 1. The Hall–Kier alpha value is -1.08. The third-order valence-electron chi connectivity index (χ3n) is 2.38. The number of esters is 1. The molecule has 1 aromatic carbocycles. The van der Waals surface area contributed by atoms with Gasteiger partial charge in [0, 0.05) is 5.33 Å². The second kappa shape index (κ2) is 6.91. The molecule has 19 heavy (non-hydrogen) atoms. The third kappa shape index (κ3) is 4.50. The van der Waals surface area contributed by atoms with E-state index < -0.39 is 16.0 Å². The molecule has 0 heterocycles. The van der Waals surface area contributed by atoms with Gasteiger partial charge in [-0.3, -0.25) is 4.72 Å². The first-order chi connectivity index (χ1) is 8.93. The number of carbonyl (C=O) groups is 1. The van der Waals surface area contributed by atoms with Crippen molar-refractivity contribution in [3.8, 4) is 0 Å². The average Bonchev–Trinajstić information content (AvgIpc) is 2.37. The number of hydrogen-bond donors (Lipinski definition) is 1. The van der Waals surface area contributed by atoms with Crippen LogP contribution in [0.2, 0.25) is 0 Å². The fourth-order valence-electron chi connectivity index (χ4n) is 1.53. The van der Waals surface area contributed by atoms with Crippen molar-refractivity contribution in [1.82, 2.24) is 0 Å². The molecule has 0 bridgehead atoms. The Morgan fingerprint density at radius 2 is 2.11 bits per heavy atom. The quantitative estimate of drug-likeness (QED) is 0.632. The van der Waals surface area contributed by atoms with Crippen molar-refractivity contribution >= 4 is 37.6 Å². The summed E-state index contributed by atoms with van der Waals surface area (Å²) >= 11 is 3.29. The zero-order valence-corrected chi connectivity index (χ0v) is 13.2. The average molecular weight is 350 g/mol. The molecule has 0 spiro atoms. The summed E-state index contributed by atoms with van der Waals surface area (Å²) in [5, 5.41) is 0.566. The summed E-state index contributed by atoms with van der Waals surface area (Å²) in [5.74, 6) is -0.568. The van der Waals surface area contributed by atoms with Crippen LogP contribution in [-0.4, -0.2) is 27.2 Å². The summed E-state index contributed by atoms with van der Waals surface area (Å²) in [6.45, 7) is 1.77. The maximum atomic E-state index is 11.8. The highest BCUT2D eigenvalue weighted by Crippen LogP contribution is 2.21. The topological polar surface area (TPSA) is 72.5 Å². The molecule has 0 saturated carbocycles. The van der Waals surface area contributed by atoms with Crippen molar-refractivity contribution in [2.24, 2.45) is 0 Å². The van der Waals surface area contributed by atoms with E-state index in [1.807, 2.05) is 0 Å². The minimum absolute atomic E-state index is 0.00610. The SMILES string of the molecule is CCCS(=O)(=O)Nc1cc(CBr)ccc1C(=O)OC. The molecule has 7 heteroatoms. The molecule has 1 N–H and O–H groups in total. The number of halogens is 1. The zero-order chi connectivity index (χ0) is 14.5. The summed E-state index contributed by atoms with van der Waals surface area (Å²) in [5.41, 5.74) is 1.31. The second-order valence-corrected chi connectivity index (χ2v) is 6.33. The zero-order valence-electron chi connectivity index (χ0n) is 10.8. The standard InChI is InChI=1S/C12H16BrNO4S/c1-3-6-19(16,17)14-11-7-9(8-13)4-5-10(11)12(15)18-2/h4-5,7,14H,3,6,8H2,1-2H3. The second-order valence-electron chi connectivity index (χ2n) is 3.93. The number of nitrogens with one attached hydrogen (secondary N) is 1. The van der Waals surface area contributed by atoms with Gasteiger partial charge in [0.15, 0.2) is 0 Å². The highest BCUT2D eigenvalue weighted by atomic mass is 79.9. The van der Waals surface area contributed by atoms with E-state index in [1.54, 1.807) is 25.1 Å². The Morgan fingerprint density at radius 1 is 1.42 bits per heavy atom. The van der Waals surface area contributed by atoms with Crippen LogP contribution < -0.4 is 4.72 Å². The first kappa shape index (κ1) is 16.0.